The Morgan fingerprint density at radius 2 is 2.47 bits per heavy atom. The molecule has 1 aromatic heterocycles. The monoisotopic (exact) mass is 252 g/mol. The molecule has 2 rings (SSSR count). The van der Waals surface area contributed by atoms with Crippen LogP contribution in [0.2, 0.25) is 0 Å². The molecule has 3 nitrogen and oxygen atoms in total. The van der Waals surface area contributed by atoms with Crippen LogP contribution in [-0.4, -0.2) is 36.5 Å². The average molecular weight is 252 g/mol. The zero-order chi connectivity index (χ0) is 12.3. The number of carbonyl (C=O) groups excluding carboxylic acids is 1. The fraction of sp³-hybridized carbons (Fsp3) is 0.615. The number of hydrogen-bond acceptors (Lipinski definition) is 3. The molecule has 1 aliphatic heterocycles. The predicted molar refractivity (Wildman–Crippen MR) is 71.7 cm³/mol. The van der Waals surface area contributed by atoms with Crippen molar-refractivity contribution in [1.82, 2.24) is 10.2 Å². The first kappa shape index (κ1) is 12.6. The van der Waals surface area contributed by atoms with E-state index in [0.29, 0.717) is 6.04 Å². The second-order valence-electron chi connectivity index (χ2n) is 4.57. The molecule has 0 saturated carbocycles. The predicted octanol–water partition coefficient (Wildman–Crippen LogP) is 2.27. The van der Waals surface area contributed by atoms with Crippen molar-refractivity contribution in [2.45, 2.75) is 32.7 Å². The largest absolute Gasteiger partial charge is 0.350 e. The number of thiophene rings is 1. The Morgan fingerprint density at radius 1 is 1.65 bits per heavy atom. The summed E-state index contributed by atoms with van der Waals surface area (Å²) < 4.78 is 0. The normalized spacial score (nSPS) is 20.7. The van der Waals surface area contributed by atoms with Crippen molar-refractivity contribution < 1.29 is 4.79 Å². The highest BCUT2D eigenvalue weighted by Crippen LogP contribution is 2.17. The average Bonchev–Trinajstić information content (AvgIpc) is 2.94. The van der Waals surface area contributed by atoms with Crippen LogP contribution in [0.3, 0.4) is 0 Å². The SMILES string of the molecule is CCN1CCC[C@@H]1CNC(=O)c1sccc1C. The van der Waals surface area contributed by atoms with Gasteiger partial charge in [-0.1, -0.05) is 6.92 Å². The minimum absolute atomic E-state index is 0.0838. The van der Waals surface area contributed by atoms with Gasteiger partial charge in [-0.3, -0.25) is 9.69 Å². The number of likely N-dealkylation sites (tertiary alicyclic amines) is 1. The lowest BCUT2D eigenvalue weighted by atomic mass is 10.2. The summed E-state index contributed by atoms with van der Waals surface area (Å²) in [5, 5.41) is 5.03. The van der Waals surface area contributed by atoms with Crippen molar-refractivity contribution in [3.8, 4) is 0 Å². The van der Waals surface area contributed by atoms with Crippen molar-refractivity contribution in [3.63, 3.8) is 0 Å². The number of carbonyl (C=O) groups is 1. The van der Waals surface area contributed by atoms with Crippen LogP contribution < -0.4 is 5.32 Å². The summed E-state index contributed by atoms with van der Waals surface area (Å²) in [6, 6.07) is 2.53. The quantitative estimate of drug-likeness (QED) is 0.891. The van der Waals surface area contributed by atoms with Crippen LogP contribution in [-0.2, 0) is 0 Å². The fourth-order valence-corrected chi connectivity index (χ4v) is 3.28. The second kappa shape index (κ2) is 5.65. The van der Waals surface area contributed by atoms with Crippen LogP contribution in [0, 0.1) is 6.92 Å². The van der Waals surface area contributed by atoms with Crippen LogP contribution in [0.4, 0.5) is 0 Å². The molecule has 0 unspecified atom stereocenters. The highest BCUT2D eigenvalue weighted by Gasteiger charge is 2.23. The van der Waals surface area contributed by atoms with Gasteiger partial charge in [0.05, 0.1) is 4.88 Å². The molecule has 2 heterocycles. The van der Waals surface area contributed by atoms with Crippen LogP contribution >= 0.6 is 11.3 Å². The molecule has 0 bridgehead atoms. The maximum atomic E-state index is 12.0. The summed E-state index contributed by atoms with van der Waals surface area (Å²) in [7, 11) is 0. The zero-order valence-electron chi connectivity index (χ0n) is 10.5. The molecule has 1 amide bonds. The maximum absolute atomic E-state index is 12.0. The standard InChI is InChI=1S/C13H20N2OS/c1-3-15-7-4-5-11(15)9-14-13(16)12-10(2)6-8-17-12/h6,8,11H,3-5,7,9H2,1-2H3,(H,14,16)/t11-/m1/s1. The first-order valence-corrected chi connectivity index (χ1v) is 7.16. The fourth-order valence-electron chi connectivity index (χ4n) is 2.44. The zero-order valence-corrected chi connectivity index (χ0v) is 11.3. The van der Waals surface area contributed by atoms with Gasteiger partial charge in [-0.25, -0.2) is 0 Å². The summed E-state index contributed by atoms with van der Waals surface area (Å²) in [4.78, 5) is 15.3. The maximum Gasteiger partial charge on any atom is 0.261 e. The minimum atomic E-state index is 0.0838. The van der Waals surface area contributed by atoms with E-state index in [0.717, 1.165) is 23.5 Å². The molecule has 1 fully saturated rings. The molecule has 4 heteroatoms. The Bertz CT molecular complexity index is 389. The second-order valence-corrected chi connectivity index (χ2v) is 5.48. The van der Waals surface area contributed by atoms with E-state index in [9.17, 15) is 4.79 Å². The summed E-state index contributed by atoms with van der Waals surface area (Å²) in [5.41, 5.74) is 1.08. The van der Waals surface area contributed by atoms with E-state index >= 15 is 0 Å². The molecular weight excluding hydrogens is 232 g/mol. The molecule has 1 N–H and O–H groups in total. The van der Waals surface area contributed by atoms with Gasteiger partial charge < -0.3 is 5.32 Å². The van der Waals surface area contributed by atoms with E-state index in [1.807, 2.05) is 18.4 Å². The Morgan fingerprint density at radius 3 is 3.12 bits per heavy atom. The lowest BCUT2D eigenvalue weighted by Crippen LogP contribution is -2.39. The Kier molecular flexibility index (Phi) is 4.18. The molecule has 1 atom stereocenters. The van der Waals surface area contributed by atoms with E-state index in [2.05, 4.69) is 17.1 Å². The van der Waals surface area contributed by atoms with Crippen molar-refractivity contribution in [2.24, 2.45) is 0 Å². The first-order valence-electron chi connectivity index (χ1n) is 6.28. The van der Waals surface area contributed by atoms with Crippen molar-refractivity contribution in [2.75, 3.05) is 19.6 Å². The number of rotatable bonds is 4. The van der Waals surface area contributed by atoms with E-state index in [-0.39, 0.29) is 5.91 Å². The Labute approximate surface area is 107 Å². The number of nitrogens with zero attached hydrogens (tertiary/aromatic N) is 1. The van der Waals surface area contributed by atoms with Crippen LogP contribution in [0.1, 0.15) is 35.0 Å². The van der Waals surface area contributed by atoms with Gasteiger partial charge in [0.15, 0.2) is 0 Å². The van der Waals surface area contributed by atoms with E-state index in [4.69, 9.17) is 0 Å². The van der Waals surface area contributed by atoms with E-state index < -0.39 is 0 Å². The minimum Gasteiger partial charge on any atom is -0.350 e. The number of likely N-dealkylation sites (N-methyl/N-ethyl adjacent to an activating group) is 1. The van der Waals surface area contributed by atoms with Gasteiger partial charge in [-0.15, -0.1) is 11.3 Å². The van der Waals surface area contributed by atoms with Gasteiger partial charge >= 0.3 is 0 Å². The summed E-state index contributed by atoms with van der Waals surface area (Å²) >= 11 is 1.52. The Balaban J connectivity index is 1.86. The molecular formula is C13H20N2OS. The number of aryl methyl sites for hydroxylation is 1. The van der Waals surface area contributed by atoms with Crippen LogP contribution in [0.5, 0.6) is 0 Å². The Hall–Kier alpha value is -0.870. The topological polar surface area (TPSA) is 32.3 Å². The summed E-state index contributed by atoms with van der Waals surface area (Å²) in [6.45, 7) is 7.21. The number of hydrogen-bond donors (Lipinski definition) is 1. The highest BCUT2D eigenvalue weighted by molar-refractivity contribution is 7.12. The van der Waals surface area contributed by atoms with Gasteiger partial charge in [-0.2, -0.15) is 0 Å². The van der Waals surface area contributed by atoms with Gasteiger partial charge in [0, 0.05) is 12.6 Å². The van der Waals surface area contributed by atoms with Crippen LogP contribution in [0.25, 0.3) is 0 Å². The highest BCUT2D eigenvalue weighted by atomic mass is 32.1. The molecule has 1 saturated heterocycles. The molecule has 94 valence electrons. The van der Waals surface area contributed by atoms with E-state index in [1.165, 1.54) is 30.7 Å². The first-order chi connectivity index (χ1) is 8.22. The lowest BCUT2D eigenvalue weighted by Gasteiger charge is -2.22. The molecule has 1 aromatic rings. The molecule has 0 spiro atoms. The molecule has 17 heavy (non-hydrogen) atoms. The van der Waals surface area contributed by atoms with Crippen molar-refractivity contribution in [3.05, 3.63) is 21.9 Å². The molecule has 0 aromatic carbocycles. The van der Waals surface area contributed by atoms with Gasteiger partial charge in [0.25, 0.3) is 5.91 Å². The molecule has 0 aliphatic carbocycles. The van der Waals surface area contributed by atoms with E-state index in [1.54, 1.807) is 0 Å². The molecule has 0 radical (unpaired) electrons. The lowest BCUT2D eigenvalue weighted by molar-refractivity contribution is 0.0945. The van der Waals surface area contributed by atoms with Gasteiger partial charge in [0.1, 0.15) is 0 Å². The van der Waals surface area contributed by atoms with Crippen molar-refractivity contribution >= 4 is 17.2 Å². The third kappa shape index (κ3) is 2.87. The smallest absolute Gasteiger partial charge is 0.261 e. The molecule has 1 aliphatic rings. The van der Waals surface area contributed by atoms with Gasteiger partial charge in [0.2, 0.25) is 0 Å². The third-order valence-electron chi connectivity index (χ3n) is 3.47. The van der Waals surface area contributed by atoms with Gasteiger partial charge in [-0.05, 0) is 49.9 Å². The summed E-state index contributed by atoms with van der Waals surface area (Å²) in [6.07, 6.45) is 2.46. The third-order valence-corrected chi connectivity index (χ3v) is 4.49. The van der Waals surface area contributed by atoms with Crippen LogP contribution in [0.15, 0.2) is 11.4 Å². The number of amides is 1. The van der Waals surface area contributed by atoms with Crippen molar-refractivity contribution in [1.29, 1.82) is 0 Å². The number of nitrogens with one attached hydrogen (secondary N) is 1. The summed E-state index contributed by atoms with van der Waals surface area (Å²) in [5.74, 6) is 0.0838.